The molecule has 2 heterocycles. The maximum atomic E-state index is 13.1. The van der Waals surface area contributed by atoms with Gasteiger partial charge in [-0.25, -0.2) is 0 Å². The van der Waals surface area contributed by atoms with Gasteiger partial charge in [0, 0.05) is 23.0 Å². The molecule has 0 N–H and O–H groups in total. The number of fused-ring (bicyclic) bond motifs is 1. The Morgan fingerprint density at radius 3 is 2.73 bits per heavy atom. The molecule has 2 aliphatic heterocycles. The van der Waals surface area contributed by atoms with Crippen molar-refractivity contribution < 1.29 is 9.53 Å². The van der Waals surface area contributed by atoms with E-state index in [9.17, 15) is 10.1 Å². The van der Waals surface area contributed by atoms with Crippen LogP contribution in [0.2, 0.25) is 5.02 Å². The second-order valence-electron chi connectivity index (χ2n) is 7.25. The Morgan fingerprint density at radius 1 is 1.27 bits per heavy atom. The predicted molar refractivity (Wildman–Crippen MR) is 120 cm³/mol. The smallest absolute Gasteiger partial charge is 0.229 e. The van der Waals surface area contributed by atoms with Crippen LogP contribution < -0.4 is 9.64 Å². The molecule has 0 aromatic heterocycles. The van der Waals surface area contributed by atoms with Crippen molar-refractivity contribution in [3.8, 4) is 11.8 Å². The highest BCUT2D eigenvalue weighted by molar-refractivity contribution is 8.03. The van der Waals surface area contributed by atoms with Crippen LogP contribution in [-0.2, 0) is 4.79 Å². The molecule has 154 valence electrons. The molecular weight excluding hydrogens is 418 g/mol. The van der Waals surface area contributed by atoms with Crippen molar-refractivity contribution in [3.63, 3.8) is 0 Å². The van der Waals surface area contributed by atoms with Gasteiger partial charge >= 0.3 is 0 Å². The van der Waals surface area contributed by atoms with Crippen molar-refractivity contribution in [2.75, 3.05) is 24.1 Å². The lowest BCUT2D eigenvalue weighted by molar-refractivity contribution is -0.129. The molecule has 0 aliphatic carbocycles. The topological polar surface area (TPSA) is 56.6 Å². The number of hydrogen-bond donors (Lipinski definition) is 0. The summed E-state index contributed by atoms with van der Waals surface area (Å²) in [6, 6.07) is 15.9. The Labute approximate surface area is 185 Å². The zero-order valence-electron chi connectivity index (χ0n) is 16.9. The monoisotopic (exact) mass is 439 g/mol. The third-order valence-electron chi connectivity index (χ3n) is 5.47. The maximum absolute atomic E-state index is 13.1. The van der Waals surface area contributed by atoms with Gasteiger partial charge < -0.3 is 9.64 Å². The fraction of sp³-hybridized carbons (Fsp3) is 0.304. The summed E-state index contributed by atoms with van der Waals surface area (Å²) in [5.41, 5.74) is 3.62. The Balaban J connectivity index is 1.63. The SMILES string of the molecule is CCOc1ccc(C2CC(=O)N3CN(c4cccc(Cl)c4C)CSC3=C2C#N)cc1. The summed E-state index contributed by atoms with van der Waals surface area (Å²) in [6.07, 6.45) is 0.281. The zero-order chi connectivity index (χ0) is 21.3. The number of allylic oxidation sites excluding steroid dienone is 1. The summed E-state index contributed by atoms with van der Waals surface area (Å²) in [4.78, 5) is 16.9. The minimum absolute atomic E-state index is 0.0276. The van der Waals surface area contributed by atoms with Crippen molar-refractivity contribution in [1.82, 2.24) is 4.90 Å². The molecule has 1 atom stereocenters. The first-order valence-electron chi connectivity index (χ1n) is 9.83. The molecule has 0 spiro atoms. The predicted octanol–water partition coefficient (Wildman–Crippen LogP) is 5.27. The van der Waals surface area contributed by atoms with E-state index in [0.29, 0.717) is 29.7 Å². The molecule has 1 fully saturated rings. The highest BCUT2D eigenvalue weighted by Gasteiger charge is 2.38. The van der Waals surface area contributed by atoms with E-state index in [0.717, 1.165) is 27.6 Å². The highest BCUT2D eigenvalue weighted by Crippen LogP contribution is 2.44. The molecule has 2 aliphatic rings. The molecular formula is C23H22ClN3O2S. The number of nitriles is 1. The number of anilines is 1. The Bertz CT molecular complexity index is 1050. The second-order valence-corrected chi connectivity index (χ2v) is 8.59. The molecule has 1 unspecified atom stereocenters. The van der Waals surface area contributed by atoms with Gasteiger partial charge in [-0.15, -0.1) is 0 Å². The summed E-state index contributed by atoms with van der Waals surface area (Å²) >= 11 is 7.82. The molecule has 0 radical (unpaired) electrons. The van der Waals surface area contributed by atoms with Crippen LogP contribution in [0.3, 0.4) is 0 Å². The van der Waals surface area contributed by atoms with E-state index < -0.39 is 0 Å². The van der Waals surface area contributed by atoms with E-state index in [4.69, 9.17) is 16.3 Å². The van der Waals surface area contributed by atoms with E-state index >= 15 is 0 Å². The second kappa shape index (κ2) is 8.63. The molecule has 1 amide bonds. The number of thioether (sulfide) groups is 1. The number of carbonyl (C=O) groups excluding carboxylic acids is 1. The van der Waals surface area contributed by atoms with Gasteiger partial charge in [-0.3, -0.25) is 9.69 Å². The molecule has 2 aromatic rings. The number of halogens is 1. The van der Waals surface area contributed by atoms with Gasteiger partial charge in [0.05, 0.1) is 35.8 Å². The fourth-order valence-corrected chi connectivity index (χ4v) is 5.23. The van der Waals surface area contributed by atoms with Crippen LogP contribution in [0.1, 0.15) is 30.4 Å². The number of hydrogen-bond acceptors (Lipinski definition) is 5. The Kier molecular flexibility index (Phi) is 5.94. The van der Waals surface area contributed by atoms with Crippen molar-refractivity contribution in [1.29, 1.82) is 5.26 Å². The average Bonchev–Trinajstić information content (AvgIpc) is 2.76. The van der Waals surface area contributed by atoms with E-state index in [-0.39, 0.29) is 18.2 Å². The van der Waals surface area contributed by atoms with Crippen molar-refractivity contribution in [3.05, 3.63) is 69.2 Å². The summed E-state index contributed by atoms with van der Waals surface area (Å²) in [7, 11) is 0. The lowest BCUT2D eigenvalue weighted by Crippen LogP contribution is -2.47. The quantitative estimate of drug-likeness (QED) is 0.649. The van der Waals surface area contributed by atoms with Crippen LogP contribution in [0.5, 0.6) is 5.75 Å². The first kappa shape index (κ1) is 20.6. The van der Waals surface area contributed by atoms with Gasteiger partial charge in [0.1, 0.15) is 5.75 Å². The molecule has 0 saturated carbocycles. The summed E-state index contributed by atoms with van der Waals surface area (Å²) in [5.74, 6) is 1.24. The molecule has 2 aromatic carbocycles. The summed E-state index contributed by atoms with van der Waals surface area (Å²) in [5, 5.41) is 11.4. The molecule has 7 heteroatoms. The van der Waals surface area contributed by atoms with Crippen molar-refractivity contribution in [2.24, 2.45) is 0 Å². The fourth-order valence-electron chi connectivity index (χ4n) is 3.90. The number of benzene rings is 2. The number of rotatable bonds is 4. The van der Waals surface area contributed by atoms with Crippen LogP contribution in [0.15, 0.2) is 53.1 Å². The van der Waals surface area contributed by atoms with Gasteiger partial charge in [-0.05, 0) is 49.2 Å². The lowest BCUT2D eigenvalue weighted by atomic mass is 9.86. The molecule has 4 rings (SSSR count). The molecule has 5 nitrogen and oxygen atoms in total. The van der Waals surface area contributed by atoms with Crippen LogP contribution in [-0.4, -0.2) is 30.0 Å². The van der Waals surface area contributed by atoms with Gasteiger partial charge in [0.25, 0.3) is 0 Å². The van der Waals surface area contributed by atoms with Crippen LogP contribution >= 0.6 is 23.4 Å². The molecule has 1 saturated heterocycles. The summed E-state index contributed by atoms with van der Waals surface area (Å²) in [6.45, 7) is 4.94. The first-order valence-corrected chi connectivity index (χ1v) is 11.2. The van der Waals surface area contributed by atoms with E-state index in [1.165, 1.54) is 11.8 Å². The zero-order valence-corrected chi connectivity index (χ0v) is 18.5. The van der Waals surface area contributed by atoms with E-state index in [1.807, 2.05) is 56.3 Å². The number of amides is 1. The van der Waals surface area contributed by atoms with E-state index in [2.05, 4.69) is 11.0 Å². The van der Waals surface area contributed by atoms with Gasteiger partial charge in [-0.1, -0.05) is 41.6 Å². The first-order chi connectivity index (χ1) is 14.5. The number of carbonyl (C=O) groups is 1. The lowest BCUT2D eigenvalue weighted by Gasteiger charge is -2.42. The number of nitrogens with zero attached hydrogens (tertiary/aromatic N) is 3. The van der Waals surface area contributed by atoms with Crippen LogP contribution in [0.4, 0.5) is 5.69 Å². The minimum atomic E-state index is -0.226. The van der Waals surface area contributed by atoms with Gasteiger partial charge in [0.15, 0.2) is 0 Å². The molecule has 0 bridgehead atoms. The van der Waals surface area contributed by atoms with Crippen molar-refractivity contribution >= 4 is 35.0 Å². The van der Waals surface area contributed by atoms with Crippen LogP contribution in [0, 0.1) is 18.3 Å². The Morgan fingerprint density at radius 2 is 2.03 bits per heavy atom. The van der Waals surface area contributed by atoms with Crippen molar-refractivity contribution in [2.45, 2.75) is 26.2 Å². The third-order valence-corrected chi connectivity index (χ3v) is 7.03. The standard InChI is InChI=1S/C23H22ClN3O2S/c1-3-29-17-9-7-16(8-10-17)18-11-22(28)27-13-26(14-30-23(27)19(18)12-25)21-6-4-5-20(24)15(21)2/h4-10,18H,3,11,13-14H2,1-2H3. The third kappa shape index (κ3) is 3.76. The average molecular weight is 440 g/mol. The maximum Gasteiger partial charge on any atom is 0.229 e. The Hall–Kier alpha value is -2.62. The van der Waals surface area contributed by atoms with Gasteiger partial charge in [-0.2, -0.15) is 5.26 Å². The highest BCUT2D eigenvalue weighted by atomic mass is 35.5. The van der Waals surface area contributed by atoms with Crippen LogP contribution in [0.25, 0.3) is 0 Å². The van der Waals surface area contributed by atoms with Gasteiger partial charge in [0.2, 0.25) is 5.91 Å². The minimum Gasteiger partial charge on any atom is -0.494 e. The number of ether oxygens (including phenoxy) is 1. The summed E-state index contributed by atoms with van der Waals surface area (Å²) < 4.78 is 5.51. The normalized spacial score (nSPS) is 18.9. The van der Waals surface area contributed by atoms with E-state index in [1.54, 1.807) is 4.90 Å². The largest absolute Gasteiger partial charge is 0.494 e. The molecule has 30 heavy (non-hydrogen) atoms.